The third kappa shape index (κ3) is 1.21. The summed E-state index contributed by atoms with van der Waals surface area (Å²) in [4.78, 5) is 24.7. The normalized spacial score (nSPS) is 24.8. The van der Waals surface area contributed by atoms with Crippen molar-refractivity contribution in [1.29, 1.82) is 0 Å². The lowest BCUT2D eigenvalue weighted by molar-refractivity contribution is 0.379. The Bertz CT molecular complexity index is 933. The predicted molar refractivity (Wildman–Crippen MR) is 81.6 cm³/mol. The molecule has 0 N–H and O–H groups in total. The Morgan fingerprint density at radius 3 is 2.57 bits per heavy atom. The number of aromatic nitrogens is 2. The first-order valence-corrected chi connectivity index (χ1v) is 7.06. The number of rotatable bonds is 0. The number of nitrogens with zero attached hydrogens (tertiary/aromatic N) is 2. The molecule has 2 aliphatic rings. The summed E-state index contributed by atoms with van der Waals surface area (Å²) in [7, 11) is 3.29. The van der Waals surface area contributed by atoms with Crippen molar-refractivity contribution in [3.05, 3.63) is 73.6 Å². The van der Waals surface area contributed by atoms with Crippen molar-refractivity contribution in [1.82, 2.24) is 9.13 Å². The summed E-state index contributed by atoms with van der Waals surface area (Å²) in [5.41, 5.74) is 3.18. The van der Waals surface area contributed by atoms with Crippen molar-refractivity contribution in [3.63, 3.8) is 0 Å². The van der Waals surface area contributed by atoms with E-state index < -0.39 is 0 Å². The Kier molecular flexibility index (Phi) is 2.15. The topological polar surface area (TPSA) is 44.0 Å². The summed E-state index contributed by atoms with van der Waals surface area (Å²) in [5, 5.41) is 0. The minimum absolute atomic E-state index is 0.0917. The van der Waals surface area contributed by atoms with E-state index in [9.17, 15) is 9.59 Å². The molecule has 1 aromatic carbocycles. The van der Waals surface area contributed by atoms with Crippen LogP contribution in [0.2, 0.25) is 0 Å². The lowest BCUT2D eigenvalue weighted by Gasteiger charge is -2.50. The zero-order chi connectivity index (χ0) is 14.9. The first-order valence-electron chi connectivity index (χ1n) is 7.06. The quantitative estimate of drug-likeness (QED) is 0.734. The molecule has 21 heavy (non-hydrogen) atoms. The van der Waals surface area contributed by atoms with Crippen LogP contribution in [0.5, 0.6) is 0 Å². The molecule has 2 aromatic rings. The number of hydrogen-bond acceptors (Lipinski definition) is 2. The highest BCUT2D eigenvalue weighted by Crippen LogP contribution is 2.57. The van der Waals surface area contributed by atoms with Gasteiger partial charge in [-0.15, -0.1) is 0 Å². The van der Waals surface area contributed by atoms with Crippen molar-refractivity contribution in [2.24, 2.45) is 14.1 Å². The molecule has 1 heterocycles. The van der Waals surface area contributed by atoms with Gasteiger partial charge in [0, 0.05) is 36.7 Å². The molecule has 0 aliphatic heterocycles. The first-order chi connectivity index (χ1) is 9.98. The van der Waals surface area contributed by atoms with Gasteiger partial charge in [-0.3, -0.25) is 13.9 Å². The van der Waals surface area contributed by atoms with Crippen LogP contribution in [0.4, 0.5) is 0 Å². The fraction of sp³-hybridized carbons (Fsp3) is 0.294. The summed E-state index contributed by atoms with van der Waals surface area (Å²) in [6.45, 7) is 2.11. The summed E-state index contributed by atoms with van der Waals surface area (Å²) >= 11 is 0. The van der Waals surface area contributed by atoms with Crippen molar-refractivity contribution >= 4 is 6.08 Å². The second-order valence-electron chi connectivity index (χ2n) is 6.09. The molecule has 4 heteroatoms. The van der Waals surface area contributed by atoms with Crippen molar-refractivity contribution in [2.45, 2.75) is 18.3 Å². The van der Waals surface area contributed by atoms with E-state index in [1.54, 1.807) is 18.7 Å². The average molecular weight is 280 g/mol. The van der Waals surface area contributed by atoms with Gasteiger partial charge in [0.1, 0.15) is 0 Å². The second-order valence-corrected chi connectivity index (χ2v) is 6.09. The summed E-state index contributed by atoms with van der Waals surface area (Å²) in [6.07, 6.45) is 4.20. The van der Waals surface area contributed by atoms with Crippen LogP contribution in [0, 0.1) is 0 Å². The number of allylic oxidation sites excluding steroid dienone is 1. The maximum atomic E-state index is 12.6. The molecular formula is C17H16N2O2. The lowest BCUT2D eigenvalue weighted by Crippen LogP contribution is -2.55. The van der Waals surface area contributed by atoms with Crippen molar-refractivity contribution in [2.75, 3.05) is 0 Å². The summed E-state index contributed by atoms with van der Waals surface area (Å²) in [5.74, 6) is 0.0917. The highest BCUT2D eigenvalue weighted by atomic mass is 16.2. The molecule has 2 atom stereocenters. The Balaban J connectivity index is 2.14. The Morgan fingerprint density at radius 1 is 1.10 bits per heavy atom. The number of benzene rings is 1. The molecule has 0 spiro atoms. The van der Waals surface area contributed by atoms with E-state index in [1.807, 2.05) is 12.1 Å². The van der Waals surface area contributed by atoms with Gasteiger partial charge >= 0.3 is 5.69 Å². The standard InChI is InChI=1S/C17H16N2O2/c1-17-11-7-5-4-6-10(11)8-9-12(17)14-13(17)15(20)19(3)16(21)18(14)2/h4-9,12H,1-3H3. The summed E-state index contributed by atoms with van der Waals surface area (Å²) in [6, 6.07) is 8.16. The molecule has 0 fully saturated rings. The van der Waals surface area contributed by atoms with Gasteiger partial charge in [-0.1, -0.05) is 43.3 Å². The van der Waals surface area contributed by atoms with E-state index in [0.29, 0.717) is 0 Å². The van der Waals surface area contributed by atoms with Gasteiger partial charge in [-0.2, -0.15) is 0 Å². The molecule has 0 amide bonds. The first kappa shape index (κ1) is 12.4. The molecule has 106 valence electrons. The summed E-state index contributed by atoms with van der Waals surface area (Å²) < 4.78 is 2.82. The SMILES string of the molecule is Cn1c2c(c(=O)n(C)c1=O)C1(C)c3ccccc3C=CC21. The zero-order valence-electron chi connectivity index (χ0n) is 12.3. The van der Waals surface area contributed by atoms with E-state index in [4.69, 9.17) is 0 Å². The predicted octanol–water partition coefficient (Wildman–Crippen LogP) is 1.51. The van der Waals surface area contributed by atoms with Gasteiger partial charge in [0.2, 0.25) is 0 Å². The van der Waals surface area contributed by atoms with Crippen molar-refractivity contribution in [3.8, 4) is 0 Å². The molecule has 0 saturated carbocycles. The highest BCUT2D eigenvalue weighted by molar-refractivity contribution is 5.70. The van der Waals surface area contributed by atoms with Crippen LogP contribution in [0.1, 0.15) is 35.2 Å². The van der Waals surface area contributed by atoms with E-state index in [0.717, 1.165) is 16.8 Å². The largest absolute Gasteiger partial charge is 0.330 e. The zero-order valence-corrected chi connectivity index (χ0v) is 12.3. The van der Waals surface area contributed by atoms with E-state index in [-0.39, 0.29) is 22.6 Å². The molecule has 0 bridgehead atoms. The Hall–Kier alpha value is -2.36. The Morgan fingerprint density at radius 2 is 1.81 bits per heavy atom. The molecular weight excluding hydrogens is 264 g/mol. The molecule has 0 saturated heterocycles. The average Bonchev–Trinajstić information content (AvgIpc) is 2.48. The van der Waals surface area contributed by atoms with Gasteiger partial charge in [-0.25, -0.2) is 4.79 Å². The van der Waals surface area contributed by atoms with Crippen LogP contribution in [0.25, 0.3) is 6.08 Å². The van der Waals surface area contributed by atoms with Crippen molar-refractivity contribution < 1.29 is 0 Å². The third-order valence-corrected chi connectivity index (χ3v) is 5.13. The molecule has 2 unspecified atom stereocenters. The maximum Gasteiger partial charge on any atom is 0.330 e. The van der Waals surface area contributed by atoms with E-state index >= 15 is 0 Å². The lowest BCUT2D eigenvalue weighted by atomic mass is 9.53. The van der Waals surface area contributed by atoms with Gasteiger partial charge in [0.25, 0.3) is 5.56 Å². The molecule has 4 rings (SSSR count). The smallest absolute Gasteiger partial charge is 0.300 e. The van der Waals surface area contributed by atoms with E-state index in [1.165, 1.54) is 10.1 Å². The monoisotopic (exact) mass is 280 g/mol. The van der Waals surface area contributed by atoms with Crippen LogP contribution in [0.3, 0.4) is 0 Å². The van der Waals surface area contributed by atoms with Crippen LogP contribution >= 0.6 is 0 Å². The fourth-order valence-electron chi connectivity index (χ4n) is 3.96. The third-order valence-electron chi connectivity index (χ3n) is 5.13. The molecule has 1 aromatic heterocycles. The molecule has 2 aliphatic carbocycles. The van der Waals surface area contributed by atoms with Crippen LogP contribution in [-0.2, 0) is 19.5 Å². The van der Waals surface area contributed by atoms with Gasteiger partial charge in [-0.05, 0) is 11.1 Å². The minimum atomic E-state index is -0.332. The van der Waals surface area contributed by atoms with Crippen LogP contribution in [0.15, 0.2) is 39.9 Å². The number of hydrogen-bond donors (Lipinski definition) is 0. The molecule has 4 nitrogen and oxygen atoms in total. The second kappa shape index (κ2) is 3.64. The van der Waals surface area contributed by atoms with E-state index in [2.05, 4.69) is 31.2 Å². The van der Waals surface area contributed by atoms with Gasteiger partial charge in [0.05, 0.1) is 0 Å². The van der Waals surface area contributed by atoms with Gasteiger partial charge < -0.3 is 0 Å². The fourth-order valence-corrected chi connectivity index (χ4v) is 3.96. The maximum absolute atomic E-state index is 12.6. The highest BCUT2D eigenvalue weighted by Gasteiger charge is 2.54. The van der Waals surface area contributed by atoms with Gasteiger partial charge in [0.15, 0.2) is 0 Å². The minimum Gasteiger partial charge on any atom is -0.300 e. The van der Waals surface area contributed by atoms with Crippen LogP contribution < -0.4 is 11.2 Å². The molecule has 0 radical (unpaired) electrons. The Labute approximate surface area is 122 Å². The number of fused-ring (bicyclic) bond motifs is 6. The van der Waals surface area contributed by atoms with Crippen LogP contribution in [-0.4, -0.2) is 9.13 Å².